The van der Waals surface area contributed by atoms with E-state index >= 15 is 0 Å². The highest BCUT2D eigenvalue weighted by Gasteiger charge is 2.32. The number of aliphatic hydroxyl groups excluding tert-OH is 1. The van der Waals surface area contributed by atoms with Gasteiger partial charge in [-0.1, -0.05) is 6.92 Å². The Morgan fingerprint density at radius 2 is 2.31 bits per heavy atom. The van der Waals surface area contributed by atoms with E-state index in [2.05, 4.69) is 21.8 Å². The molecule has 0 aromatic carbocycles. The summed E-state index contributed by atoms with van der Waals surface area (Å²) in [6.07, 6.45) is 2.56. The van der Waals surface area contributed by atoms with Gasteiger partial charge in [-0.25, -0.2) is 9.97 Å². The summed E-state index contributed by atoms with van der Waals surface area (Å²) in [7, 11) is 0. The van der Waals surface area contributed by atoms with Crippen LogP contribution >= 0.6 is 0 Å². The van der Waals surface area contributed by atoms with Crippen LogP contribution in [0.5, 0.6) is 0 Å². The molecule has 5 heteroatoms. The standard InChI is InChI=1S/C11H18N4O/c1-7-3-4-15(9(7)5-16)11-8(2)10(12)13-6-14-11/h6-7,9,16H,3-5H2,1-2H3,(H2,12,13,14). The first-order chi connectivity index (χ1) is 7.65. The molecule has 0 aliphatic carbocycles. The molecular formula is C11H18N4O. The second-order valence-corrected chi connectivity index (χ2v) is 4.42. The van der Waals surface area contributed by atoms with Crippen LogP contribution in [-0.2, 0) is 0 Å². The lowest BCUT2D eigenvalue weighted by molar-refractivity contribution is 0.244. The maximum atomic E-state index is 9.41. The summed E-state index contributed by atoms with van der Waals surface area (Å²) in [5.41, 5.74) is 6.67. The van der Waals surface area contributed by atoms with Gasteiger partial charge in [0.05, 0.1) is 12.6 Å². The summed E-state index contributed by atoms with van der Waals surface area (Å²) in [5, 5.41) is 9.41. The maximum Gasteiger partial charge on any atom is 0.137 e. The van der Waals surface area contributed by atoms with E-state index in [0.29, 0.717) is 11.7 Å². The van der Waals surface area contributed by atoms with Gasteiger partial charge >= 0.3 is 0 Å². The molecule has 16 heavy (non-hydrogen) atoms. The Kier molecular flexibility index (Phi) is 2.96. The van der Waals surface area contributed by atoms with Crippen molar-refractivity contribution in [2.24, 2.45) is 5.92 Å². The summed E-state index contributed by atoms with van der Waals surface area (Å²) < 4.78 is 0. The van der Waals surface area contributed by atoms with Crippen LogP contribution in [0.25, 0.3) is 0 Å². The molecule has 1 saturated heterocycles. The van der Waals surface area contributed by atoms with Gasteiger partial charge < -0.3 is 15.7 Å². The van der Waals surface area contributed by atoms with E-state index in [-0.39, 0.29) is 12.6 Å². The van der Waals surface area contributed by atoms with Gasteiger partial charge in [-0.05, 0) is 19.3 Å². The van der Waals surface area contributed by atoms with Crippen molar-refractivity contribution >= 4 is 11.6 Å². The van der Waals surface area contributed by atoms with Crippen molar-refractivity contribution < 1.29 is 5.11 Å². The molecule has 0 spiro atoms. The molecule has 88 valence electrons. The van der Waals surface area contributed by atoms with Crippen molar-refractivity contribution in [1.29, 1.82) is 0 Å². The Labute approximate surface area is 95.3 Å². The zero-order valence-corrected chi connectivity index (χ0v) is 9.72. The largest absolute Gasteiger partial charge is 0.394 e. The van der Waals surface area contributed by atoms with Crippen LogP contribution in [-0.4, -0.2) is 34.3 Å². The van der Waals surface area contributed by atoms with Crippen LogP contribution in [0.15, 0.2) is 6.33 Å². The van der Waals surface area contributed by atoms with Crippen LogP contribution in [0.4, 0.5) is 11.6 Å². The van der Waals surface area contributed by atoms with Gasteiger partial charge in [-0.3, -0.25) is 0 Å². The summed E-state index contributed by atoms with van der Waals surface area (Å²) in [4.78, 5) is 10.4. The first-order valence-electron chi connectivity index (χ1n) is 5.59. The van der Waals surface area contributed by atoms with Crippen LogP contribution in [0, 0.1) is 12.8 Å². The predicted octanol–water partition coefficient (Wildman–Crippen LogP) is 0.574. The number of nitrogens with zero attached hydrogens (tertiary/aromatic N) is 3. The Morgan fingerprint density at radius 3 is 3.00 bits per heavy atom. The number of rotatable bonds is 2. The van der Waals surface area contributed by atoms with Crippen LogP contribution in [0.2, 0.25) is 0 Å². The molecule has 1 aromatic heterocycles. The highest BCUT2D eigenvalue weighted by molar-refractivity contribution is 5.56. The third kappa shape index (κ3) is 1.71. The van der Waals surface area contributed by atoms with Crippen molar-refractivity contribution in [2.75, 3.05) is 23.8 Å². The van der Waals surface area contributed by atoms with Gasteiger partial charge in [0.2, 0.25) is 0 Å². The van der Waals surface area contributed by atoms with Crippen molar-refractivity contribution in [2.45, 2.75) is 26.3 Å². The van der Waals surface area contributed by atoms with E-state index < -0.39 is 0 Å². The summed E-state index contributed by atoms with van der Waals surface area (Å²) in [6.45, 7) is 5.15. The minimum Gasteiger partial charge on any atom is -0.394 e. The first-order valence-corrected chi connectivity index (χ1v) is 5.59. The fourth-order valence-corrected chi connectivity index (χ4v) is 2.29. The number of nitrogens with two attached hydrogens (primary N) is 1. The second-order valence-electron chi connectivity index (χ2n) is 4.42. The topological polar surface area (TPSA) is 75.3 Å². The first kappa shape index (κ1) is 11.1. The lowest BCUT2D eigenvalue weighted by atomic mass is 10.0. The molecule has 1 aromatic rings. The molecule has 2 unspecified atom stereocenters. The Bertz CT molecular complexity index is 382. The van der Waals surface area contributed by atoms with Crippen LogP contribution < -0.4 is 10.6 Å². The highest BCUT2D eigenvalue weighted by atomic mass is 16.3. The zero-order chi connectivity index (χ0) is 11.7. The molecule has 0 saturated carbocycles. The number of hydrogen-bond acceptors (Lipinski definition) is 5. The van der Waals surface area contributed by atoms with Gasteiger partial charge in [0.25, 0.3) is 0 Å². The van der Waals surface area contributed by atoms with Gasteiger partial charge in [0, 0.05) is 12.1 Å². The maximum absolute atomic E-state index is 9.41. The monoisotopic (exact) mass is 222 g/mol. The average Bonchev–Trinajstić information content (AvgIpc) is 2.63. The molecule has 2 rings (SSSR count). The Balaban J connectivity index is 2.34. The molecule has 1 aliphatic heterocycles. The van der Waals surface area contributed by atoms with Gasteiger partial charge in [0.1, 0.15) is 18.0 Å². The lowest BCUT2D eigenvalue weighted by Crippen LogP contribution is -2.36. The summed E-state index contributed by atoms with van der Waals surface area (Å²) in [6, 6.07) is 0.146. The second kappa shape index (κ2) is 4.25. The molecule has 5 nitrogen and oxygen atoms in total. The van der Waals surface area contributed by atoms with Crippen LogP contribution in [0.3, 0.4) is 0 Å². The molecule has 2 atom stereocenters. The summed E-state index contributed by atoms with van der Waals surface area (Å²) >= 11 is 0. The van der Waals surface area contributed by atoms with E-state index in [4.69, 9.17) is 5.73 Å². The van der Waals surface area contributed by atoms with Crippen molar-refractivity contribution in [3.8, 4) is 0 Å². The normalized spacial score (nSPS) is 25.1. The fraction of sp³-hybridized carbons (Fsp3) is 0.636. The fourth-order valence-electron chi connectivity index (χ4n) is 2.29. The zero-order valence-electron chi connectivity index (χ0n) is 9.72. The SMILES string of the molecule is Cc1c(N)ncnc1N1CCC(C)C1CO. The molecule has 0 radical (unpaired) electrons. The third-order valence-electron chi connectivity index (χ3n) is 3.44. The van der Waals surface area contributed by atoms with Gasteiger partial charge in [-0.15, -0.1) is 0 Å². The Hall–Kier alpha value is -1.36. The van der Waals surface area contributed by atoms with Gasteiger partial charge in [0.15, 0.2) is 0 Å². The van der Waals surface area contributed by atoms with Crippen molar-refractivity contribution in [3.05, 3.63) is 11.9 Å². The number of hydrogen-bond donors (Lipinski definition) is 2. The lowest BCUT2D eigenvalue weighted by Gasteiger charge is -2.27. The smallest absolute Gasteiger partial charge is 0.137 e. The van der Waals surface area contributed by atoms with Crippen molar-refractivity contribution in [3.63, 3.8) is 0 Å². The molecule has 1 aliphatic rings. The summed E-state index contributed by atoms with van der Waals surface area (Å²) in [5.74, 6) is 1.86. The number of anilines is 2. The molecule has 1 fully saturated rings. The van der Waals surface area contributed by atoms with E-state index in [1.54, 1.807) is 0 Å². The van der Waals surface area contributed by atoms with E-state index in [9.17, 15) is 5.11 Å². The number of aliphatic hydroxyl groups is 1. The minimum absolute atomic E-state index is 0.146. The quantitative estimate of drug-likeness (QED) is 0.765. The van der Waals surface area contributed by atoms with Crippen molar-refractivity contribution in [1.82, 2.24) is 9.97 Å². The predicted molar refractivity (Wildman–Crippen MR) is 63.2 cm³/mol. The van der Waals surface area contributed by atoms with E-state index in [1.807, 2.05) is 6.92 Å². The van der Waals surface area contributed by atoms with E-state index in [1.165, 1.54) is 6.33 Å². The molecular weight excluding hydrogens is 204 g/mol. The number of nitrogen functional groups attached to an aromatic ring is 1. The highest BCUT2D eigenvalue weighted by Crippen LogP contribution is 2.30. The molecule has 0 bridgehead atoms. The van der Waals surface area contributed by atoms with E-state index in [0.717, 1.165) is 24.3 Å². The third-order valence-corrected chi connectivity index (χ3v) is 3.44. The van der Waals surface area contributed by atoms with Gasteiger partial charge in [-0.2, -0.15) is 0 Å². The number of aromatic nitrogens is 2. The molecule has 2 heterocycles. The average molecular weight is 222 g/mol. The minimum atomic E-state index is 0.146. The molecule has 0 amide bonds. The molecule has 3 N–H and O–H groups in total. The Morgan fingerprint density at radius 1 is 1.56 bits per heavy atom. The van der Waals surface area contributed by atoms with Crippen LogP contribution in [0.1, 0.15) is 18.9 Å².